The summed E-state index contributed by atoms with van der Waals surface area (Å²) in [5, 5.41) is 3.27. The van der Waals surface area contributed by atoms with Gasteiger partial charge < -0.3 is 10.2 Å². The van der Waals surface area contributed by atoms with E-state index in [2.05, 4.69) is 5.32 Å². The van der Waals surface area contributed by atoms with Gasteiger partial charge in [0, 0.05) is 32.0 Å². The molecule has 0 aliphatic heterocycles. The van der Waals surface area contributed by atoms with Gasteiger partial charge in [-0.15, -0.1) is 0 Å². The Balaban J connectivity index is 1.58. The van der Waals surface area contributed by atoms with Crippen LogP contribution in [0.5, 0.6) is 0 Å². The number of nitrogens with one attached hydrogen (secondary N) is 1. The fourth-order valence-electron chi connectivity index (χ4n) is 5.70. The summed E-state index contributed by atoms with van der Waals surface area (Å²) in [5.74, 6) is -0.299. The zero-order valence-corrected chi connectivity index (χ0v) is 25.6. The van der Waals surface area contributed by atoms with E-state index in [1.165, 1.54) is 17.0 Å². The molecule has 2 amide bonds. The quantitative estimate of drug-likeness (QED) is 0.280. The van der Waals surface area contributed by atoms with Crippen LogP contribution in [0.3, 0.4) is 0 Å². The smallest absolute Gasteiger partial charge is 0.243 e. The number of benzene rings is 3. The Hall–Kier alpha value is -3.65. The van der Waals surface area contributed by atoms with Crippen LogP contribution in [-0.2, 0) is 32.6 Å². The standard InChI is InChI=1S/C34H43N3O4S/c1-27-14-12-17-29(24-27)26-36(33(38)22-13-23-37(42(2,40)41)31-20-10-5-11-21-31)32(25-28-15-6-3-7-16-28)34(39)35-30-18-8-4-9-19-30/h3,5-7,10-12,14-17,20-21,24,30,32H,4,8-9,13,18-19,22-23,25-26H2,1-2H3,(H,35,39). The van der Waals surface area contributed by atoms with Crippen molar-refractivity contribution in [3.63, 3.8) is 0 Å². The Morgan fingerprint density at radius 1 is 0.881 bits per heavy atom. The predicted octanol–water partition coefficient (Wildman–Crippen LogP) is 5.63. The molecule has 0 spiro atoms. The Labute approximate surface area is 251 Å². The number of amides is 2. The van der Waals surface area contributed by atoms with Crippen molar-refractivity contribution in [3.8, 4) is 0 Å². The molecule has 3 aromatic carbocycles. The van der Waals surface area contributed by atoms with Gasteiger partial charge in [-0.05, 0) is 49.4 Å². The van der Waals surface area contributed by atoms with Crippen LogP contribution in [0.4, 0.5) is 5.69 Å². The van der Waals surface area contributed by atoms with E-state index in [1.54, 1.807) is 29.2 Å². The average Bonchev–Trinajstić information content (AvgIpc) is 2.98. The van der Waals surface area contributed by atoms with Crippen molar-refractivity contribution < 1.29 is 18.0 Å². The van der Waals surface area contributed by atoms with Crippen molar-refractivity contribution in [2.45, 2.75) is 76.9 Å². The summed E-state index contributed by atoms with van der Waals surface area (Å²) in [5.41, 5.74) is 3.58. The molecule has 1 N–H and O–H groups in total. The molecule has 1 fully saturated rings. The summed E-state index contributed by atoms with van der Waals surface area (Å²) in [6.07, 6.45) is 7.31. The molecule has 4 rings (SSSR count). The normalized spacial score (nSPS) is 14.6. The minimum Gasteiger partial charge on any atom is -0.352 e. The molecule has 224 valence electrons. The third-order valence-corrected chi connectivity index (χ3v) is 9.05. The number of hydrogen-bond donors (Lipinski definition) is 1. The van der Waals surface area contributed by atoms with E-state index in [1.807, 2.05) is 67.6 Å². The molecule has 0 bridgehead atoms. The van der Waals surface area contributed by atoms with Crippen molar-refractivity contribution >= 4 is 27.5 Å². The Morgan fingerprint density at radius 3 is 2.17 bits per heavy atom. The van der Waals surface area contributed by atoms with Crippen molar-refractivity contribution in [1.82, 2.24) is 10.2 Å². The number of sulfonamides is 1. The molecule has 1 aliphatic carbocycles. The first-order valence-corrected chi connectivity index (χ1v) is 16.8. The summed E-state index contributed by atoms with van der Waals surface area (Å²) in [6, 6.07) is 26.1. The van der Waals surface area contributed by atoms with Crippen LogP contribution in [0.1, 0.15) is 61.6 Å². The summed E-state index contributed by atoms with van der Waals surface area (Å²) in [4.78, 5) is 29.6. The first-order valence-electron chi connectivity index (χ1n) is 14.9. The molecule has 1 aliphatic rings. The minimum absolute atomic E-state index is 0.118. The van der Waals surface area contributed by atoms with Crippen molar-refractivity contribution in [2.75, 3.05) is 17.1 Å². The molecule has 42 heavy (non-hydrogen) atoms. The van der Waals surface area contributed by atoms with Gasteiger partial charge >= 0.3 is 0 Å². The number of aryl methyl sites for hydroxylation is 1. The second-order valence-electron chi connectivity index (χ2n) is 11.3. The number of rotatable bonds is 13. The fraction of sp³-hybridized carbons (Fsp3) is 0.412. The summed E-state index contributed by atoms with van der Waals surface area (Å²) >= 11 is 0. The van der Waals surface area contributed by atoms with Gasteiger partial charge in [0.1, 0.15) is 6.04 Å². The molecule has 1 atom stereocenters. The molecule has 8 heteroatoms. The highest BCUT2D eigenvalue weighted by Crippen LogP contribution is 2.22. The van der Waals surface area contributed by atoms with E-state index in [0.717, 1.165) is 42.4 Å². The lowest BCUT2D eigenvalue weighted by Crippen LogP contribution is -2.53. The Morgan fingerprint density at radius 2 is 1.52 bits per heavy atom. The second kappa shape index (κ2) is 15.0. The first kappa shape index (κ1) is 31.3. The first-order chi connectivity index (χ1) is 20.2. The number of hydrogen-bond acceptors (Lipinski definition) is 4. The van der Waals surface area contributed by atoms with Crippen molar-refractivity contribution in [1.29, 1.82) is 0 Å². The highest BCUT2D eigenvalue weighted by molar-refractivity contribution is 7.92. The minimum atomic E-state index is -3.53. The Bertz CT molecular complexity index is 1410. The van der Waals surface area contributed by atoms with Gasteiger partial charge in [0.2, 0.25) is 21.8 Å². The van der Waals surface area contributed by atoms with Crippen LogP contribution in [0.2, 0.25) is 0 Å². The summed E-state index contributed by atoms with van der Waals surface area (Å²) in [7, 11) is -3.53. The van der Waals surface area contributed by atoms with Gasteiger partial charge in [-0.2, -0.15) is 0 Å². The van der Waals surface area contributed by atoms with Gasteiger partial charge in [0.05, 0.1) is 11.9 Å². The maximum absolute atomic E-state index is 14.0. The number of carbonyl (C=O) groups is 2. The van der Waals surface area contributed by atoms with E-state index >= 15 is 0 Å². The lowest BCUT2D eigenvalue weighted by Gasteiger charge is -2.34. The third-order valence-electron chi connectivity index (χ3n) is 7.85. The maximum Gasteiger partial charge on any atom is 0.243 e. The maximum atomic E-state index is 14.0. The van der Waals surface area contributed by atoms with Crippen LogP contribution in [0, 0.1) is 6.92 Å². The Kier molecular flexibility index (Phi) is 11.2. The van der Waals surface area contributed by atoms with E-state index in [-0.39, 0.29) is 30.8 Å². The van der Waals surface area contributed by atoms with Crippen LogP contribution in [-0.4, -0.2) is 50.0 Å². The van der Waals surface area contributed by atoms with Gasteiger partial charge in [-0.3, -0.25) is 13.9 Å². The van der Waals surface area contributed by atoms with Gasteiger partial charge in [-0.1, -0.05) is 97.6 Å². The third kappa shape index (κ3) is 9.18. The molecule has 3 aromatic rings. The average molecular weight is 590 g/mol. The van der Waals surface area contributed by atoms with Crippen molar-refractivity contribution in [3.05, 3.63) is 102 Å². The van der Waals surface area contributed by atoms with E-state index in [0.29, 0.717) is 25.1 Å². The van der Waals surface area contributed by atoms with E-state index < -0.39 is 16.1 Å². The molecule has 1 saturated carbocycles. The number of para-hydroxylation sites is 1. The van der Waals surface area contributed by atoms with Gasteiger partial charge in [0.25, 0.3) is 0 Å². The molecule has 0 aromatic heterocycles. The second-order valence-corrected chi connectivity index (χ2v) is 13.2. The van der Waals surface area contributed by atoms with Gasteiger partial charge in [-0.25, -0.2) is 8.42 Å². The van der Waals surface area contributed by atoms with Crippen LogP contribution in [0.25, 0.3) is 0 Å². The molecule has 0 heterocycles. The van der Waals surface area contributed by atoms with Crippen LogP contribution in [0.15, 0.2) is 84.9 Å². The zero-order chi connectivity index (χ0) is 30.0. The number of nitrogens with zero attached hydrogens (tertiary/aromatic N) is 2. The number of anilines is 1. The number of carbonyl (C=O) groups excluding carboxylic acids is 2. The molecule has 7 nitrogen and oxygen atoms in total. The monoisotopic (exact) mass is 589 g/mol. The van der Waals surface area contributed by atoms with E-state index in [4.69, 9.17) is 0 Å². The predicted molar refractivity (Wildman–Crippen MR) is 169 cm³/mol. The SMILES string of the molecule is Cc1cccc(CN(C(=O)CCCN(c2ccccc2)S(C)(=O)=O)C(Cc2ccccc2)C(=O)NC2CCCCC2)c1. The lowest BCUT2D eigenvalue weighted by atomic mass is 9.94. The molecule has 0 radical (unpaired) electrons. The summed E-state index contributed by atoms with van der Waals surface area (Å²) in [6.45, 7) is 2.48. The lowest BCUT2D eigenvalue weighted by molar-refractivity contribution is -0.141. The van der Waals surface area contributed by atoms with E-state index in [9.17, 15) is 18.0 Å². The largest absolute Gasteiger partial charge is 0.352 e. The zero-order valence-electron chi connectivity index (χ0n) is 24.7. The fourth-order valence-corrected chi connectivity index (χ4v) is 6.67. The molecule has 0 saturated heterocycles. The highest BCUT2D eigenvalue weighted by atomic mass is 32.2. The molecule has 1 unspecified atom stereocenters. The molecular weight excluding hydrogens is 546 g/mol. The summed E-state index contributed by atoms with van der Waals surface area (Å²) < 4.78 is 26.5. The van der Waals surface area contributed by atoms with Gasteiger partial charge in [0.15, 0.2) is 0 Å². The van der Waals surface area contributed by atoms with Crippen molar-refractivity contribution in [2.24, 2.45) is 0 Å². The van der Waals surface area contributed by atoms with Crippen LogP contribution < -0.4 is 9.62 Å². The highest BCUT2D eigenvalue weighted by Gasteiger charge is 2.32. The van der Waals surface area contributed by atoms with Crippen LogP contribution >= 0.6 is 0 Å². The molecular formula is C34H43N3O4S. The topological polar surface area (TPSA) is 86.8 Å².